The lowest BCUT2D eigenvalue weighted by molar-refractivity contribution is -0.128. The third-order valence-corrected chi connectivity index (χ3v) is 5.02. The van der Waals surface area contributed by atoms with Crippen LogP contribution in [0.25, 0.3) is 0 Å². The number of rotatable bonds is 8. The van der Waals surface area contributed by atoms with Crippen molar-refractivity contribution < 1.29 is 14.3 Å². The third-order valence-electron chi connectivity index (χ3n) is 5.02. The van der Waals surface area contributed by atoms with E-state index in [9.17, 15) is 4.79 Å². The highest BCUT2D eigenvalue weighted by Gasteiger charge is 2.19. The van der Waals surface area contributed by atoms with E-state index < -0.39 is 6.10 Å². The first-order valence-corrected chi connectivity index (χ1v) is 10.4. The van der Waals surface area contributed by atoms with Gasteiger partial charge in [-0.2, -0.15) is 0 Å². The maximum Gasteiger partial charge on any atom is 0.261 e. The van der Waals surface area contributed by atoms with E-state index in [0.29, 0.717) is 13.0 Å². The van der Waals surface area contributed by atoms with Crippen LogP contribution in [-0.2, 0) is 24.2 Å². The molecule has 0 saturated carbocycles. The average Bonchev–Trinajstić information content (AvgIpc) is 2.70. The van der Waals surface area contributed by atoms with Crippen LogP contribution in [0, 0.1) is 0 Å². The molecule has 0 aromatic heterocycles. The first-order valence-electron chi connectivity index (χ1n) is 10.4. The van der Waals surface area contributed by atoms with Gasteiger partial charge in [-0.25, -0.2) is 0 Å². The van der Waals surface area contributed by atoms with Gasteiger partial charge >= 0.3 is 0 Å². The Morgan fingerprint density at radius 1 is 0.964 bits per heavy atom. The zero-order chi connectivity index (χ0) is 19.9. The lowest BCUT2D eigenvalue weighted by atomic mass is 9.92. The van der Waals surface area contributed by atoms with Gasteiger partial charge in [0.05, 0.1) is 6.10 Å². The molecule has 1 amide bonds. The van der Waals surface area contributed by atoms with Crippen LogP contribution >= 0.6 is 0 Å². The van der Waals surface area contributed by atoms with E-state index in [4.69, 9.17) is 9.47 Å². The summed E-state index contributed by atoms with van der Waals surface area (Å²) in [6.45, 7) is 6.45. The number of benzene rings is 2. The molecule has 2 aromatic carbocycles. The highest BCUT2D eigenvalue weighted by molar-refractivity contribution is 5.81. The Morgan fingerprint density at radius 2 is 1.64 bits per heavy atom. The van der Waals surface area contributed by atoms with Gasteiger partial charge in [0.1, 0.15) is 11.5 Å². The highest BCUT2D eigenvalue weighted by Crippen LogP contribution is 2.26. The van der Waals surface area contributed by atoms with Crippen LogP contribution in [0.3, 0.4) is 0 Å². The van der Waals surface area contributed by atoms with E-state index in [1.807, 2.05) is 51.1 Å². The van der Waals surface area contributed by atoms with Crippen LogP contribution in [0.5, 0.6) is 11.5 Å². The maximum absolute atomic E-state index is 12.6. The summed E-state index contributed by atoms with van der Waals surface area (Å²) in [4.78, 5) is 12.6. The second-order valence-corrected chi connectivity index (χ2v) is 7.68. The monoisotopic (exact) mass is 381 g/mol. The zero-order valence-electron chi connectivity index (χ0n) is 17.2. The molecule has 0 fully saturated rings. The van der Waals surface area contributed by atoms with Gasteiger partial charge < -0.3 is 14.8 Å². The van der Waals surface area contributed by atoms with Gasteiger partial charge in [-0.3, -0.25) is 4.79 Å². The summed E-state index contributed by atoms with van der Waals surface area (Å²) in [5.74, 6) is 1.55. The largest absolute Gasteiger partial charge is 0.491 e. The third kappa shape index (κ3) is 5.51. The first kappa shape index (κ1) is 20.2. The van der Waals surface area contributed by atoms with E-state index in [2.05, 4.69) is 17.4 Å². The maximum atomic E-state index is 12.6. The molecule has 0 aliphatic heterocycles. The van der Waals surface area contributed by atoms with Crippen LogP contribution in [-0.4, -0.2) is 18.1 Å². The number of carbonyl (C=O) groups excluding carboxylic acids is 1. The molecule has 1 unspecified atom stereocenters. The molecule has 2 aromatic rings. The molecule has 0 heterocycles. The van der Waals surface area contributed by atoms with Crippen molar-refractivity contribution in [2.45, 2.75) is 71.6 Å². The quantitative estimate of drug-likeness (QED) is 0.713. The van der Waals surface area contributed by atoms with Crippen LogP contribution in [0.4, 0.5) is 0 Å². The molecule has 150 valence electrons. The van der Waals surface area contributed by atoms with Gasteiger partial charge in [0, 0.05) is 6.54 Å². The number of hydrogen-bond donors (Lipinski definition) is 1. The normalized spacial score (nSPS) is 14.3. The van der Waals surface area contributed by atoms with Gasteiger partial charge in [-0.05, 0) is 86.9 Å². The van der Waals surface area contributed by atoms with Gasteiger partial charge in [-0.15, -0.1) is 0 Å². The minimum atomic E-state index is -0.481. The lowest BCUT2D eigenvalue weighted by Crippen LogP contribution is -2.37. The minimum absolute atomic E-state index is 0.0808. The van der Waals surface area contributed by atoms with Crippen molar-refractivity contribution in [2.75, 3.05) is 0 Å². The van der Waals surface area contributed by atoms with Crippen molar-refractivity contribution in [3.05, 3.63) is 59.2 Å². The van der Waals surface area contributed by atoms with E-state index >= 15 is 0 Å². The molecule has 1 aliphatic carbocycles. The summed E-state index contributed by atoms with van der Waals surface area (Å²) in [5.41, 5.74) is 3.82. The zero-order valence-corrected chi connectivity index (χ0v) is 17.2. The Morgan fingerprint density at radius 3 is 2.32 bits per heavy atom. The minimum Gasteiger partial charge on any atom is -0.491 e. The van der Waals surface area contributed by atoms with Gasteiger partial charge in [0.25, 0.3) is 5.91 Å². The van der Waals surface area contributed by atoms with Crippen LogP contribution < -0.4 is 14.8 Å². The van der Waals surface area contributed by atoms with Crippen LogP contribution in [0.15, 0.2) is 42.5 Å². The molecule has 1 atom stereocenters. The predicted molar refractivity (Wildman–Crippen MR) is 112 cm³/mol. The summed E-state index contributed by atoms with van der Waals surface area (Å²) in [6, 6.07) is 14.1. The second-order valence-electron chi connectivity index (χ2n) is 7.68. The molecule has 0 radical (unpaired) electrons. The molecule has 4 nitrogen and oxygen atoms in total. The van der Waals surface area contributed by atoms with Crippen molar-refractivity contribution >= 4 is 5.91 Å². The summed E-state index contributed by atoms with van der Waals surface area (Å²) in [7, 11) is 0. The Labute approximate surface area is 168 Å². The Bertz CT molecular complexity index is 783. The summed E-state index contributed by atoms with van der Waals surface area (Å²) >= 11 is 0. The topological polar surface area (TPSA) is 47.6 Å². The molecule has 1 aliphatic rings. The molecule has 1 N–H and O–H groups in total. The molecule has 0 saturated heterocycles. The fourth-order valence-corrected chi connectivity index (χ4v) is 3.53. The predicted octanol–water partition coefficient (Wildman–Crippen LogP) is 4.83. The number of carbonyl (C=O) groups is 1. The number of fused-ring (bicyclic) bond motifs is 1. The highest BCUT2D eigenvalue weighted by atomic mass is 16.5. The standard InChI is InChI=1S/C24H31NO3/c1-4-23(28-22-14-11-19-7-5-6-8-20(19)15-22)24(26)25-16-18-9-12-21(13-10-18)27-17(2)3/h9-15,17,23H,4-8,16H2,1-3H3,(H,25,26). The number of amides is 1. The smallest absolute Gasteiger partial charge is 0.261 e. The first-order chi connectivity index (χ1) is 13.5. The Balaban J connectivity index is 1.55. The second kappa shape index (κ2) is 9.63. The van der Waals surface area contributed by atoms with Crippen molar-refractivity contribution in [3.63, 3.8) is 0 Å². The fraction of sp³-hybridized carbons (Fsp3) is 0.458. The van der Waals surface area contributed by atoms with Crippen molar-refractivity contribution in [1.29, 1.82) is 0 Å². The van der Waals surface area contributed by atoms with Crippen molar-refractivity contribution in [3.8, 4) is 11.5 Å². The fourth-order valence-electron chi connectivity index (χ4n) is 3.53. The van der Waals surface area contributed by atoms with Crippen LogP contribution in [0.2, 0.25) is 0 Å². The molecule has 0 spiro atoms. The average molecular weight is 382 g/mol. The van der Waals surface area contributed by atoms with E-state index in [-0.39, 0.29) is 12.0 Å². The SMILES string of the molecule is CCC(Oc1ccc2c(c1)CCCC2)C(=O)NCc1ccc(OC(C)C)cc1. The molecule has 4 heteroatoms. The van der Waals surface area contributed by atoms with E-state index in [1.54, 1.807) is 0 Å². The molecular formula is C24H31NO3. The number of nitrogens with one attached hydrogen (secondary N) is 1. The number of hydrogen-bond acceptors (Lipinski definition) is 3. The van der Waals surface area contributed by atoms with Crippen molar-refractivity contribution in [1.82, 2.24) is 5.32 Å². The number of ether oxygens (including phenoxy) is 2. The van der Waals surface area contributed by atoms with Crippen molar-refractivity contribution in [2.24, 2.45) is 0 Å². The van der Waals surface area contributed by atoms with Crippen LogP contribution in [0.1, 0.15) is 56.7 Å². The number of aryl methyl sites for hydroxylation is 2. The summed E-state index contributed by atoms with van der Waals surface area (Å²) in [5, 5.41) is 2.99. The Kier molecular flexibility index (Phi) is 6.96. The lowest BCUT2D eigenvalue weighted by Gasteiger charge is -2.20. The summed E-state index contributed by atoms with van der Waals surface area (Å²) in [6.07, 6.45) is 5.04. The molecule has 28 heavy (non-hydrogen) atoms. The van der Waals surface area contributed by atoms with E-state index in [0.717, 1.165) is 29.9 Å². The molecular weight excluding hydrogens is 350 g/mol. The van der Waals surface area contributed by atoms with Gasteiger partial charge in [0.15, 0.2) is 6.10 Å². The molecule has 0 bridgehead atoms. The molecule has 3 rings (SSSR count). The van der Waals surface area contributed by atoms with Gasteiger partial charge in [-0.1, -0.05) is 25.1 Å². The summed E-state index contributed by atoms with van der Waals surface area (Å²) < 4.78 is 11.7. The van der Waals surface area contributed by atoms with Gasteiger partial charge in [0.2, 0.25) is 0 Å². The Hall–Kier alpha value is -2.49. The van der Waals surface area contributed by atoms with E-state index in [1.165, 1.54) is 24.0 Å².